The van der Waals surface area contributed by atoms with Crippen molar-refractivity contribution < 1.29 is 0 Å². The van der Waals surface area contributed by atoms with E-state index in [9.17, 15) is 0 Å². The molecule has 3 nitrogen and oxygen atoms in total. The second-order valence-electron chi connectivity index (χ2n) is 11.7. The minimum Gasteiger partial charge on any atom is -0.208 e. The first-order valence-corrected chi connectivity index (χ1v) is 15.5. The van der Waals surface area contributed by atoms with Crippen molar-refractivity contribution in [3.8, 4) is 45.3 Å². The number of nitrogens with zero attached hydrogens (tertiary/aromatic N) is 3. The molecule has 0 aliphatic rings. The maximum Gasteiger partial charge on any atom is 0.164 e. The Morgan fingerprint density at radius 2 is 0.761 bits per heavy atom. The van der Waals surface area contributed by atoms with Gasteiger partial charge in [0.05, 0.1) is 0 Å². The van der Waals surface area contributed by atoms with Crippen LogP contribution in [0.3, 0.4) is 0 Å². The highest BCUT2D eigenvalue weighted by atomic mass is 15.0. The van der Waals surface area contributed by atoms with Crippen LogP contribution < -0.4 is 0 Å². The van der Waals surface area contributed by atoms with E-state index >= 15 is 0 Å². The molecule has 0 fully saturated rings. The molecule has 0 saturated heterocycles. The van der Waals surface area contributed by atoms with E-state index in [1.807, 2.05) is 30.3 Å². The molecule has 46 heavy (non-hydrogen) atoms. The minimum atomic E-state index is 0.652. The number of aromatic nitrogens is 3. The normalized spacial score (nSPS) is 11.5. The average molecular weight is 586 g/mol. The summed E-state index contributed by atoms with van der Waals surface area (Å²) in [6.45, 7) is 0. The van der Waals surface area contributed by atoms with E-state index in [1.54, 1.807) is 0 Å². The Labute approximate surface area is 266 Å². The molecule has 0 spiro atoms. The van der Waals surface area contributed by atoms with Gasteiger partial charge in [-0.2, -0.15) is 0 Å². The van der Waals surface area contributed by atoms with E-state index in [0.29, 0.717) is 17.5 Å². The van der Waals surface area contributed by atoms with Crippen LogP contribution in [0.25, 0.3) is 88.4 Å². The average Bonchev–Trinajstić information content (AvgIpc) is 3.14. The highest BCUT2D eigenvalue weighted by Gasteiger charge is 2.14. The van der Waals surface area contributed by atoms with Crippen molar-refractivity contribution in [3.05, 3.63) is 164 Å². The predicted octanol–water partition coefficient (Wildman–Crippen LogP) is 11.2. The highest BCUT2D eigenvalue weighted by molar-refractivity contribution is 6.19. The number of rotatable bonds is 4. The van der Waals surface area contributed by atoms with Crippen LogP contribution in [-0.2, 0) is 0 Å². The lowest BCUT2D eigenvalue weighted by molar-refractivity contribution is 1.07. The lowest BCUT2D eigenvalue weighted by Crippen LogP contribution is -2.00. The Kier molecular flexibility index (Phi) is 6.14. The van der Waals surface area contributed by atoms with Crippen molar-refractivity contribution in [3.63, 3.8) is 0 Å². The van der Waals surface area contributed by atoms with Gasteiger partial charge in [0.1, 0.15) is 0 Å². The molecule has 0 unspecified atom stereocenters. The van der Waals surface area contributed by atoms with Gasteiger partial charge >= 0.3 is 0 Å². The number of hydrogen-bond acceptors (Lipinski definition) is 3. The van der Waals surface area contributed by atoms with Crippen LogP contribution in [0.2, 0.25) is 0 Å². The molecule has 9 aromatic rings. The summed E-state index contributed by atoms with van der Waals surface area (Å²) < 4.78 is 0. The first kappa shape index (κ1) is 26.2. The van der Waals surface area contributed by atoms with Crippen LogP contribution >= 0.6 is 0 Å². The third-order valence-electron chi connectivity index (χ3n) is 8.91. The number of benzene rings is 8. The number of fused-ring (bicyclic) bond motifs is 6. The minimum absolute atomic E-state index is 0.652. The molecular weight excluding hydrogens is 558 g/mol. The lowest BCUT2D eigenvalue weighted by atomic mass is 9.92. The summed E-state index contributed by atoms with van der Waals surface area (Å²) in [5.74, 6) is 1.97. The van der Waals surface area contributed by atoms with Crippen molar-refractivity contribution in [1.29, 1.82) is 0 Å². The van der Waals surface area contributed by atoms with Gasteiger partial charge in [0.2, 0.25) is 0 Å². The fraction of sp³-hybridized carbons (Fsp3) is 0. The molecule has 3 heteroatoms. The zero-order chi connectivity index (χ0) is 30.5. The molecule has 0 radical (unpaired) electrons. The van der Waals surface area contributed by atoms with Gasteiger partial charge in [-0.25, -0.2) is 15.0 Å². The predicted molar refractivity (Wildman–Crippen MR) is 192 cm³/mol. The van der Waals surface area contributed by atoms with E-state index in [1.165, 1.54) is 43.3 Å². The topological polar surface area (TPSA) is 38.7 Å². The van der Waals surface area contributed by atoms with Crippen LogP contribution in [0, 0.1) is 0 Å². The zero-order valence-electron chi connectivity index (χ0n) is 24.9. The molecule has 0 N–H and O–H groups in total. The molecule has 0 bridgehead atoms. The summed E-state index contributed by atoms with van der Waals surface area (Å²) in [6.07, 6.45) is 0. The molecule has 0 saturated carbocycles. The first-order valence-electron chi connectivity index (χ1n) is 15.5. The highest BCUT2D eigenvalue weighted by Crippen LogP contribution is 2.36. The third kappa shape index (κ3) is 4.49. The second-order valence-corrected chi connectivity index (χ2v) is 11.7. The van der Waals surface area contributed by atoms with Gasteiger partial charge in [-0.1, -0.05) is 158 Å². The van der Waals surface area contributed by atoms with E-state index in [2.05, 4.69) is 133 Å². The smallest absolute Gasteiger partial charge is 0.164 e. The van der Waals surface area contributed by atoms with Gasteiger partial charge in [0.15, 0.2) is 17.5 Å². The van der Waals surface area contributed by atoms with Crippen LogP contribution in [-0.4, -0.2) is 15.0 Å². The van der Waals surface area contributed by atoms with Crippen LogP contribution in [0.1, 0.15) is 0 Å². The number of hydrogen-bond donors (Lipinski definition) is 0. The molecule has 214 valence electrons. The van der Waals surface area contributed by atoms with Gasteiger partial charge in [0.25, 0.3) is 0 Å². The van der Waals surface area contributed by atoms with Crippen molar-refractivity contribution in [1.82, 2.24) is 15.0 Å². The fourth-order valence-corrected chi connectivity index (χ4v) is 6.59. The molecule has 0 atom stereocenters. The quantitative estimate of drug-likeness (QED) is 0.193. The standard InChI is InChI=1S/C43H27N3/c1-2-11-31(12-3-1)41-44-42(46-43(45-41)34-22-17-28-9-4-5-13-33(28)27-34)32-20-18-30(19-21-32)36-15-8-16-37-38(36)25-26-39-35-14-7-6-10-29(35)23-24-40(37)39/h1-27H. The van der Waals surface area contributed by atoms with Crippen molar-refractivity contribution >= 4 is 43.1 Å². The van der Waals surface area contributed by atoms with Gasteiger partial charge in [-0.05, 0) is 60.3 Å². The Hall–Kier alpha value is -6.19. The van der Waals surface area contributed by atoms with Crippen LogP contribution in [0.4, 0.5) is 0 Å². The largest absolute Gasteiger partial charge is 0.208 e. The molecule has 9 rings (SSSR count). The van der Waals surface area contributed by atoms with Crippen molar-refractivity contribution in [2.24, 2.45) is 0 Å². The summed E-state index contributed by atoms with van der Waals surface area (Å²) in [5, 5.41) is 9.94. The van der Waals surface area contributed by atoms with E-state index in [-0.39, 0.29) is 0 Å². The van der Waals surface area contributed by atoms with E-state index in [0.717, 1.165) is 27.6 Å². The summed E-state index contributed by atoms with van der Waals surface area (Å²) in [6, 6.07) is 57.6. The third-order valence-corrected chi connectivity index (χ3v) is 8.91. The van der Waals surface area contributed by atoms with Gasteiger partial charge in [0, 0.05) is 16.7 Å². The molecule has 0 aliphatic heterocycles. The maximum absolute atomic E-state index is 5.00. The molecule has 0 aliphatic carbocycles. The molecule has 1 heterocycles. The summed E-state index contributed by atoms with van der Waals surface area (Å²) in [4.78, 5) is 14.9. The van der Waals surface area contributed by atoms with Gasteiger partial charge in [-0.3, -0.25) is 0 Å². The molecule has 1 aromatic heterocycles. The zero-order valence-corrected chi connectivity index (χ0v) is 24.9. The summed E-state index contributed by atoms with van der Waals surface area (Å²) in [7, 11) is 0. The van der Waals surface area contributed by atoms with Gasteiger partial charge < -0.3 is 0 Å². The van der Waals surface area contributed by atoms with Crippen LogP contribution in [0.15, 0.2) is 164 Å². The van der Waals surface area contributed by atoms with E-state index < -0.39 is 0 Å². The Morgan fingerprint density at radius 1 is 0.261 bits per heavy atom. The molecule has 0 amide bonds. The first-order chi connectivity index (χ1) is 22.8. The lowest BCUT2D eigenvalue weighted by Gasteiger charge is -2.12. The SMILES string of the molecule is c1ccc(-c2nc(-c3ccc(-c4cccc5c4ccc4c6ccccc6ccc54)cc3)nc(-c3ccc4ccccc4c3)n2)cc1. The summed E-state index contributed by atoms with van der Waals surface area (Å²) in [5.41, 5.74) is 5.23. The maximum atomic E-state index is 5.00. The molecular formula is C43H27N3. The van der Waals surface area contributed by atoms with Crippen LogP contribution in [0.5, 0.6) is 0 Å². The summed E-state index contributed by atoms with van der Waals surface area (Å²) >= 11 is 0. The van der Waals surface area contributed by atoms with Crippen molar-refractivity contribution in [2.45, 2.75) is 0 Å². The second kappa shape index (κ2) is 10.8. The molecule has 8 aromatic carbocycles. The monoisotopic (exact) mass is 585 g/mol. The fourth-order valence-electron chi connectivity index (χ4n) is 6.59. The van der Waals surface area contributed by atoms with Crippen molar-refractivity contribution in [2.75, 3.05) is 0 Å². The Balaban J connectivity index is 1.15. The Bertz CT molecular complexity index is 2570. The van der Waals surface area contributed by atoms with E-state index in [4.69, 9.17) is 15.0 Å². The Morgan fingerprint density at radius 3 is 1.57 bits per heavy atom. The van der Waals surface area contributed by atoms with Gasteiger partial charge in [-0.15, -0.1) is 0 Å².